The Kier molecular flexibility index (Phi) is 5.33. The second kappa shape index (κ2) is 8.21. The van der Waals surface area contributed by atoms with Crippen molar-refractivity contribution in [2.75, 3.05) is 13.7 Å². The van der Waals surface area contributed by atoms with Crippen LogP contribution in [0.5, 0.6) is 11.5 Å². The van der Waals surface area contributed by atoms with E-state index in [2.05, 4.69) is 0 Å². The van der Waals surface area contributed by atoms with E-state index in [0.717, 1.165) is 29.9 Å². The number of methoxy groups -OCH3 is 1. The molecule has 0 radical (unpaired) electrons. The number of carbonyl (C=O) groups is 1. The number of hydrogen-bond donors (Lipinski definition) is 0. The number of rotatable bonds is 6. The Morgan fingerprint density at radius 3 is 2.75 bits per heavy atom. The fraction of sp³-hybridized carbons (Fsp3) is 0.261. The molecular formula is C23H23NO4. The van der Waals surface area contributed by atoms with E-state index in [0.29, 0.717) is 31.1 Å². The van der Waals surface area contributed by atoms with Crippen LogP contribution in [-0.4, -0.2) is 24.5 Å². The second-order valence-corrected chi connectivity index (χ2v) is 6.87. The van der Waals surface area contributed by atoms with Gasteiger partial charge >= 0.3 is 0 Å². The van der Waals surface area contributed by atoms with Gasteiger partial charge < -0.3 is 18.8 Å². The lowest BCUT2D eigenvalue weighted by atomic mass is 10.1. The van der Waals surface area contributed by atoms with Crippen LogP contribution in [0, 0.1) is 0 Å². The summed E-state index contributed by atoms with van der Waals surface area (Å²) in [5, 5.41) is 0. The average molecular weight is 377 g/mol. The van der Waals surface area contributed by atoms with E-state index in [9.17, 15) is 4.79 Å². The molecule has 3 aromatic rings. The third-order valence-electron chi connectivity index (χ3n) is 5.00. The Labute approximate surface area is 164 Å². The van der Waals surface area contributed by atoms with Gasteiger partial charge in [-0.05, 0) is 41.3 Å². The molecular weight excluding hydrogens is 354 g/mol. The first-order chi connectivity index (χ1) is 13.7. The summed E-state index contributed by atoms with van der Waals surface area (Å²) in [6.45, 7) is 1.73. The fourth-order valence-corrected chi connectivity index (χ4v) is 3.41. The molecule has 1 amide bonds. The zero-order chi connectivity index (χ0) is 19.3. The van der Waals surface area contributed by atoms with Crippen LogP contribution in [0.1, 0.15) is 22.5 Å². The van der Waals surface area contributed by atoms with Crippen molar-refractivity contribution in [1.82, 2.24) is 4.90 Å². The number of carbonyl (C=O) groups excluding carboxylic acids is 1. The van der Waals surface area contributed by atoms with Gasteiger partial charge in [-0.25, -0.2) is 0 Å². The quantitative estimate of drug-likeness (QED) is 0.652. The van der Waals surface area contributed by atoms with Crippen molar-refractivity contribution >= 4 is 5.91 Å². The molecule has 144 valence electrons. The van der Waals surface area contributed by atoms with E-state index < -0.39 is 0 Å². The minimum absolute atomic E-state index is 0.0852. The van der Waals surface area contributed by atoms with E-state index in [-0.39, 0.29) is 5.91 Å². The highest BCUT2D eigenvalue weighted by atomic mass is 16.5. The molecule has 2 heterocycles. The number of hydrogen-bond acceptors (Lipinski definition) is 4. The van der Waals surface area contributed by atoms with E-state index >= 15 is 0 Å². The molecule has 5 heteroatoms. The molecule has 0 bridgehead atoms. The monoisotopic (exact) mass is 377 g/mol. The Morgan fingerprint density at radius 2 is 1.93 bits per heavy atom. The van der Waals surface area contributed by atoms with E-state index in [1.165, 1.54) is 5.56 Å². The highest BCUT2D eigenvalue weighted by Crippen LogP contribution is 2.29. The Hall–Kier alpha value is -3.21. The van der Waals surface area contributed by atoms with Gasteiger partial charge in [0.25, 0.3) is 0 Å². The van der Waals surface area contributed by atoms with Crippen LogP contribution in [0.3, 0.4) is 0 Å². The fourth-order valence-electron chi connectivity index (χ4n) is 3.41. The maximum Gasteiger partial charge on any atom is 0.227 e. The van der Waals surface area contributed by atoms with Crippen molar-refractivity contribution in [1.29, 1.82) is 0 Å². The lowest BCUT2D eigenvalue weighted by molar-refractivity contribution is -0.131. The molecule has 28 heavy (non-hydrogen) atoms. The molecule has 5 nitrogen and oxygen atoms in total. The van der Waals surface area contributed by atoms with Gasteiger partial charge in [-0.1, -0.05) is 36.4 Å². The molecule has 0 saturated carbocycles. The predicted octanol–water partition coefficient (Wildman–Crippen LogP) is 3.99. The highest BCUT2D eigenvalue weighted by Gasteiger charge is 2.23. The minimum atomic E-state index is 0.0852. The van der Waals surface area contributed by atoms with Crippen molar-refractivity contribution in [3.63, 3.8) is 0 Å². The van der Waals surface area contributed by atoms with Gasteiger partial charge in [0.2, 0.25) is 5.91 Å². The molecule has 1 aliphatic heterocycles. The van der Waals surface area contributed by atoms with Crippen LogP contribution >= 0.6 is 0 Å². The van der Waals surface area contributed by atoms with Crippen molar-refractivity contribution in [2.45, 2.75) is 26.0 Å². The van der Waals surface area contributed by atoms with Crippen LogP contribution in [0.4, 0.5) is 0 Å². The van der Waals surface area contributed by atoms with Gasteiger partial charge in [0, 0.05) is 6.54 Å². The molecule has 2 aromatic carbocycles. The normalized spacial score (nSPS) is 13.1. The van der Waals surface area contributed by atoms with Crippen LogP contribution in [0.2, 0.25) is 0 Å². The lowest BCUT2D eigenvalue weighted by Gasteiger charge is -2.26. The van der Waals surface area contributed by atoms with E-state index in [4.69, 9.17) is 13.9 Å². The molecule has 1 aliphatic rings. The van der Waals surface area contributed by atoms with Crippen LogP contribution in [0.15, 0.2) is 65.3 Å². The van der Waals surface area contributed by atoms with Crippen molar-refractivity contribution in [3.05, 3.63) is 83.3 Å². The van der Waals surface area contributed by atoms with Crippen molar-refractivity contribution in [2.24, 2.45) is 0 Å². The van der Waals surface area contributed by atoms with Gasteiger partial charge in [-0.2, -0.15) is 0 Å². The molecule has 4 rings (SSSR count). The lowest BCUT2D eigenvalue weighted by Crippen LogP contribution is -2.36. The summed E-state index contributed by atoms with van der Waals surface area (Å²) in [6, 6.07) is 17.6. The molecule has 0 saturated heterocycles. The third-order valence-corrected chi connectivity index (χ3v) is 5.00. The van der Waals surface area contributed by atoms with Gasteiger partial charge in [0.15, 0.2) is 11.5 Å². The highest BCUT2D eigenvalue weighted by molar-refractivity contribution is 5.79. The Bertz CT molecular complexity index is 948. The minimum Gasteiger partial charge on any atom is -0.493 e. The Morgan fingerprint density at radius 1 is 1.07 bits per heavy atom. The third kappa shape index (κ3) is 4.03. The molecule has 0 spiro atoms. The molecule has 0 unspecified atom stereocenters. The Balaban J connectivity index is 1.40. The van der Waals surface area contributed by atoms with Gasteiger partial charge in [-0.3, -0.25) is 4.79 Å². The predicted molar refractivity (Wildman–Crippen MR) is 105 cm³/mol. The summed E-state index contributed by atoms with van der Waals surface area (Å²) in [4.78, 5) is 14.6. The van der Waals surface area contributed by atoms with Crippen LogP contribution in [0.25, 0.3) is 0 Å². The first kappa shape index (κ1) is 18.2. The SMILES string of the molecule is COc1cc(CC(=O)N2CCc3ccoc3C2)ccc1OCc1ccccc1. The summed E-state index contributed by atoms with van der Waals surface area (Å²) in [7, 11) is 1.61. The molecule has 0 atom stereocenters. The molecule has 0 fully saturated rings. The van der Waals surface area contributed by atoms with E-state index in [1.807, 2.05) is 59.5 Å². The smallest absolute Gasteiger partial charge is 0.227 e. The molecule has 0 aliphatic carbocycles. The summed E-state index contributed by atoms with van der Waals surface area (Å²) >= 11 is 0. The zero-order valence-corrected chi connectivity index (χ0v) is 15.9. The molecule has 0 N–H and O–H groups in total. The summed E-state index contributed by atoms with van der Waals surface area (Å²) in [5.74, 6) is 2.28. The zero-order valence-electron chi connectivity index (χ0n) is 15.9. The number of benzene rings is 2. The standard InChI is InChI=1S/C23H23NO4/c1-26-21-13-18(7-8-20(21)28-16-17-5-3-2-4-6-17)14-23(25)24-11-9-19-10-12-27-22(19)15-24/h2-8,10,12-13H,9,11,14-16H2,1H3. The van der Waals surface area contributed by atoms with Gasteiger partial charge in [0.1, 0.15) is 12.4 Å². The van der Waals surface area contributed by atoms with Gasteiger partial charge in [0.05, 0.1) is 26.3 Å². The summed E-state index contributed by atoms with van der Waals surface area (Å²) < 4.78 is 16.8. The first-order valence-electron chi connectivity index (χ1n) is 9.39. The number of furan rings is 1. The van der Waals surface area contributed by atoms with Gasteiger partial charge in [-0.15, -0.1) is 0 Å². The first-order valence-corrected chi connectivity index (χ1v) is 9.39. The molecule has 1 aromatic heterocycles. The largest absolute Gasteiger partial charge is 0.493 e. The van der Waals surface area contributed by atoms with Crippen molar-refractivity contribution in [3.8, 4) is 11.5 Å². The summed E-state index contributed by atoms with van der Waals surface area (Å²) in [5.41, 5.74) is 3.19. The van der Waals surface area contributed by atoms with E-state index in [1.54, 1.807) is 13.4 Å². The van der Waals surface area contributed by atoms with Crippen LogP contribution in [-0.2, 0) is 30.8 Å². The maximum absolute atomic E-state index is 12.7. The summed E-state index contributed by atoms with van der Waals surface area (Å²) in [6.07, 6.45) is 2.86. The number of ether oxygens (including phenoxy) is 2. The maximum atomic E-state index is 12.7. The number of amides is 1. The number of fused-ring (bicyclic) bond motifs is 1. The number of nitrogens with zero attached hydrogens (tertiary/aromatic N) is 1. The second-order valence-electron chi connectivity index (χ2n) is 6.87. The topological polar surface area (TPSA) is 51.9 Å². The van der Waals surface area contributed by atoms with Crippen molar-refractivity contribution < 1.29 is 18.7 Å². The average Bonchev–Trinajstić information content (AvgIpc) is 3.21. The van der Waals surface area contributed by atoms with Crippen LogP contribution < -0.4 is 9.47 Å².